The molecule has 0 radical (unpaired) electrons. The van der Waals surface area contributed by atoms with E-state index >= 15 is 0 Å². The highest BCUT2D eigenvalue weighted by Gasteiger charge is 2.48. The van der Waals surface area contributed by atoms with E-state index in [0.29, 0.717) is 5.82 Å². The van der Waals surface area contributed by atoms with Crippen LogP contribution in [0.3, 0.4) is 0 Å². The minimum absolute atomic E-state index is 0.0901. The molecule has 0 spiro atoms. The molecular weight excluding hydrogens is 286 g/mol. The summed E-state index contributed by atoms with van der Waals surface area (Å²) in [6, 6.07) is 4.15. The molecule has 0 saturated heterocycles. The van der Waals surface area contributed by atoms with Gasteiger partial charge in [0.25, 0.3) is 5.91 Å². The van der Waals surface area contributed by atoms with E-state index in [-0.39, 0.29) is 5.91 Å². The molecule has 2 atom stereocenters. The molecule has 4 heteroatoms. The van der Waals surface area contributed by atoms with Crippen molar-refractivity contribution in [3.63, 3.8) is 0 Å². The van der Waals surface area contributed by atoms with E-state index < -0.39 is 0 Å². The number of aryl methyl sites for hydroxylation is 2. The Kier molecular flexibility index (Phi) is 2.59. The standard InChI is InChI=1S/C19H21N3O/c1-9-3-10(2)17-15(4-9)20-18(22-17)19(23)21-14-7-11-5-12-8-13(6-11)16(12)14/h3-4,11-13H,5-8H2,1-2H3,(H,20,22)(H,21,23). The van der Waals surface area contributed by atoms with Crippen molar-refractivity contribution >= 4 is 16.9 Å². The van der Waals surface area contributed by atoms with E-state index in [2.05, 4.69) is 28.3 Å². The SMILES string of the molecule is Cc1cc(C)c2nc(C(=O)NC3=C4C5CC(C3)CC4C5)[nH]c2c1. The minimum atomic E-state index is -0.0901. The van der Waals surface area contributed by atoms with Gasteiger partial charge >= 0.3 is 0 Å². The number of aromatic nitrogens is 2. The zero-order valence-electron chi connectivity index (χ0n) is 13.6. The molecule has 5 aliphatic carbocycles. The minimum Gasteiger partial charge on any atom is -0.334 e. The number of hydrogen-bond donors (Lipinski definition) is 2. The first-order valence-corrected chi connectivity index (χ1v) is 8.59. The summed E-state index contributed by atoms with van der Waals surface area (Å²) in [5, 5.41) is 3.17. The predicted molar refractivity (Wildman–Crippen MR) is 89.0 cm³/mol. The number of rotatable bonds is 2. The Morgan fingerprint density at radius 1 is 1.22 bits per heavy atom. The smallest absolute Gasteiger partial charge is 0.291 e. The van der Waals surface area contributed by atoms with Gasteiger partial charge in [0.05, 0.1) is 11.0 Å². The van der Waals surface area contributed by atoms with E-state index in [4.69, 9.17) is 0 Å². The molecule has 1 heterocycles. The summed E-state index contributed by atoms with van der Waals surface area (Å²) in [7, 11) is 0. The molecule has 3 fully saturated rings. The molecule has 4 nitrogen and oxygen atoms in total. The number of H-pyrrole nitrogens is 1. The van der Waals surface area contributed by atoms with Crippen molar-refractivity contribution in [1.29, 1.82) is 0 Å². The van der Waals surface area contributed by atoms with Crippen molar-refractivity contribution in [3.8, 4) is 0 Å². The first-order chi connectivity index (χ1) is 11.1. The third-order valence-electron chi connectivity index (χ3n) is 5.93. The highest BCUT2D eigenvalue weighted by Crippen LogP contribution is 2.58. The number of nitrogens with one attached hydrogen (secondary N) is 2. The highest BCUT2D eigenvalue weighted by molar-refractivity contribution is 5.95. The van der Waals surface area contributed by atoms with Crippen molar-refractivity contribution in [2.24, 2.45) is 17.8 Å². The Bertz CT molecular complexity index is 862. The second-order valence-corrected chi connectivity index (χ2v) is 7.62. The van der Waals surface area contributed by atoms with Crippen LogP contribution in [0.1, 0.15) is 47.4 Å². The van der Waals surface area contributed by atoms with Gasteiger partial charge in [-0.2, -0.15) is 0 Å². The lowest BCUT2D eigenvalue weighted by atomic mass is 9.53. The van der Waals surface area contributed by atoms with Crippen LogP contribution in [-0.2, 0) is 0 Å². The lowest BCUT2D eigenvalue weighted by Gasteiger charge is -2.53. The fourth-order valence-electron chi connectivity index (χ4n) is 5.08. The molecule has 1 aromatic carbocycles. The van der Waals surface area contributed by atoms with E-state index in [9.17, 15) is 4.79 Å². The van der Waals surface area contributed by atoms with Gasteiger partial charge in [0.15, 0.2) is 5.82 Å². The highest BCUT2D eigenvalue weighted by atomic mass is 16.2. The van der Waals surface area contributed by atoms with E-state index in [1.54, 1.807) is 5.57 Å². The summed E-state index contributed by atoms with van der Waals surface area (Å²) in [5.41, 5.74) is 6.87. The van der Waals surface area contributed by atoms with Gasteiger partial charge in [0.2, 0.25) is 0 Å². The molecule has 2 unspecified atom stereocenters. The summed E-state index contributed by atoms with van der Waals surface area (Å²) in [5.74, 6) is 2.63. The topological polar surface area (TPSA) is 57.8 Å². The Hall–Kier alpha value is -2.10. The molecule has 23 heavy (non-hydrogen) atoms. The molecule has 118 valence electrons. The van der Waals surface area contributed by atoms with Gasteiger partial charge in [0.1, 0.15) is 0 Å². The number of fused-ring (bicyclic) bond motifs is 2. The van der Waals surface area contributed by atoms with Crippen LogP contribution in [0.4, 0.5) is 0 Å². The molecule has 1 aromatic heterocycles. The van der Waals surface area contributed by atoms with Gasteiger partial charge in [-0.25, -0.2) is 4.98 Å². The molecular formula is C19H21N3O. The monoisotopic (exact) mass is 307 g/mol. The second kappa shape index (κ2) is 4.47. The summed E-state index contributed by atoms with van der Waals surface area (Å²) < 4.78 is 0. The quantitative estimate of drug-likeness (QED) is 0.890. The van der Waals surface area contributed by atoms with Crippen molar-refractivity contribution in [2.45, 2.75) is 39.5 Å². The van der Waals surface area contributed by atoms with Crippen molar-refractivity contribution in [1.82, 2.24) is 15.3 Å². The van der Waals surface area contributed by atoms with Crippen LogP contribution < -0.4 is 5.32 Å². The summed E-state index contributed by atoms with van der Waals surface area (Å²) >= 11 is 0. The average molecular weight is 307 g/mol. The van der Waals surface area contributed by atoms with E-state index in [0.717, 1.165) is 40.8 Å². The number of aromatic amines is 1. The first-order valence-electron chi connectivity index (χ1n) is 8.59. The largest absolute Gasteiger partial charge is 0.334 e. The van der Waals surface area contributed by atoms with Crippen molar-refractivity contribution < 1.29 is 4.79 Å². The molecule has 4 bridgehead atoms. The number of allylic oxidation sites excluding steroid dienone is 2. The Morgan fingerprint density at radius 2 is 2.00 bits per heavy atom. The molecule has 2 aromatic rings. The Balaban J connectivity index is 1.46. The van der Waals surface area contributed by atoms with Gasteiger partial charge in [-0.15, -0.1) is 0 Å². The number of imidazole rings is 1. The predicted octanol–water partition coefficient (Wildman–Crippen LogP) is 3.61. The summed E-state index contributed by atoms with van der Waals surface area (Å²) in [6.45, 7) is 4.10. The van der Waals surface area contributed by atoms with Crippen LogP contribution >= 0.6 is 0 Å². The molecule has 2 N–H and O–H groups in total. The average Bonchev–Trinajstić information content (AvgIpc) is 2.91. The van der Waals surface area contributed by atoms with Crippen LogP contribution in [0.25, 0.3) is 11.0 Å². The lowest BCUT2D eigenvalue weighted by Crippen LogP contribution is -2.45. The fraction of sp³-hybridized carbons (Fsp3) is 0.474. The molecule has 5 aliphatic rings. The molecule has 3 saturated carbocycles. The second-order valence-electron chi connectivity index (χ2n) is 7.62. The maximum Gasteiger partial charge on any atom is 0.291 e. The maximum absolute atomic E-state index is 12.6. The van der Waals surface area contributed by atoms with Crippen molar-refractivity contribution in [3.05, 3.63) is 40.4 Å². The van der Waals surface area contributed by atoms with Crippen LogP contribution in [0.5, 0.6) is 0 Å². The van der Waals surface area contributed by atoms with Crippen LogP contribution in [0, 0.1) is 31.6 Å². The Labute approximate surface area is 135 Å². The molecule has 0 aliphatic heterocycles. The van der Waals surface area contributed by atoms with Gasteiger partial charge < -0.3 is 10.3 Å². The third kappa shape index (κ3) is 1.90. The Morgan fingerprint density at radius 3 is 2.74 bits per heavy atom. The fourth-order valence-corrected chi connectivity index (χ4v) is 5.08. The van der Waals surface area contributed by atoms with Crippen LogP contribution in [0.2, 0.25) is 0 Å². The number of hydrogen-bond acceptors (Lipinski definition) is 2. The lowest BCUT2D eigenvalue weighted by molar-refractivity contribution is 0.0912. The summed E-state index contributed by atoms with van der Waals surface area (Å²) in [4.78, 5) is 20.3. The normalized spacial score (nSPS) is 28.2. The zero-order valence-corrected chi connectivity index (χ0v) is 13.6. The van der Waals surface area contributed by atoms with Gasteiger partial charge in [0, 0.05) is 5.70 Å². The maximum atomic E-state index is 12.6. The number of carbonyl (C=O) groups excluding carboxylic acids is 1. The number of amides is 1. The number of nitrogens with zero attached hydrogens (tertiary/aromatic N) is 1. The van der Waals surface area contributed by atoms with E-state index in [1.165, 1.54) is 30.5 Å². The third-order valence-corrected chi connectivity index (χ3v) is 5.93. The molecule has 1 amide bonds. The first kappa shape index (κ1) is 13.3. The zero-order chi connectivity index (χ0) is 15.7. The van der Waals surface area contributed by atoms with Crippen molar-refractivity contribution in [2.75, 3.05) is 0 Å². The van der Waals surface area contributed by atoms with E-state index in [1.807, 2.05) is 13.0 Å². The van der Waals surface area contributed by atoms with Gasteiger partial charge in [-0.3, -0.25) is 4.79 Å². The van der Waals surface area contributed by atoms with Gasteiger partial charge in [-0.05, 0) is 80.1 Å². The number of benzene rings is 1. The summed E-state index contributed by atoms with van der Waals surface area (Å²) in [6.07, 6.45) is 5.07. The van der Waals surface area contributed by atoms with Gasteiger partial charge in [-0.1, -0.05) is 6.07 Å². The molecule has 7 rings (SSSR count). The van der Waals surface area contributed by atoms with Crippen LogP contribution in [0.15, 0.2) is 23.4 Å². The number of carbonyl (C=O) groups is 1. The van der Waals surface area contributed by atoms with Crippen LogP contribution in [-0.4, -0.2) is 15.9 Å².